The minimum Gasteiger partial charge on any atom is -0.394 e. The van der Waals surface area contributed by atoms with Gasteiger partial charge < -0.3 is 35.2 Å². The van der Waals surface area contributed by atoms with Gasteiger partial charge in [0.15, 0.2) is 0 Å². The van der Waals surface area contributed by atoms with E-state index in [0.717, 1.165) is 51.4 Å². The van der Waals surface area contributed by atoms with E-state index in [-0.39, 0.29) is 54.4 Å². The van der Waals surface area contributed by atoms with Gasteiger partial charge in [-0.15, -0.1) is 0 Å². The maximum Gasteiger partial charge on any atom is 0.240 e. The number of fused-ring (bicyclic) bond motifs is 2. The Kier molecular flexibility index (Phi) is 14.2. The highest BCUT2D eigenvalue weighted by Gasteiger charge is 2.58. The number of rotatable bonds is 15. The lowest BCUT2D eigenvalue weighted by atomic mass is 9.45. The van der Waals surface area contributed by atoms with Crippen LogP contribution in [0.5, 0.6) is 0 Å². The first-order valence-electron chi connectivity index (χ1n) is 20.6. The van der Waals surface area contributed by atoms with Crippen molar-refractivity contribution in [2.75, 3.05) is 48.1 Å². The van der Waals surface area contributed by atoms with Crippen LogP contribution in [0.2, 0.25) is 0 Å². The molecule has 6 unspecified atom stereocenters. The van der Waals surface area contributed by atoms with Gasteiger partial charge in [-0.05, 0) is 113 Å². The average molecular weight is 735 g/mol. The van der Waals surface area contributed by atoms with E-state index in [9.17, 15) is 19.8 Å². The van der Waals surface area contributed by atoms with Crippen molar-refractivity contribution in [2.45, 2.75) is 142 Å². The second-order valence-electron chi connectivity index (χ2n) is 18.9. The summed E-state index contributed by atoms with van der Waals surface area (Å²) in [6.45, 7) is 13.8. The van der Waals surface area contributed by atoms with Crippen molar-refractivity contribution in [1.29, 1.82) is 0 Å². The van der Waals surface area contributed by atoms with Gasteiger partial charge >= 0.3 is 0 Å². The van der Waals surface area contributed by atoms with Crippen LogP contribution in [0.1, 0.15) is 99.3 Å². The summed E-state index contributed by atoms with van der Waals surface area (Å²) in [5, 5.41) is 29.9. The maximum absolute atomic E-state index is 14.3. The van der Waals surface area contributed by atoms with Crippen molar-refractivity contribution in [2.24, 2.45) is 58.7 Å². The Labute approximate surface area is 314 Å². The van der Waals surface area contributed by atoms with Crippen molar-refractivity contribution in [3.8, 4) is 0 Å². The van der Waals surface area contributed by atoms with Crippen LogP contribution in [0.3, 0.4) is 0 Å². The quantitative estimate of drug-likeness (QED) is 0.196. The van der Waals surface area contributed by atoms with E-state index < -0.39 is 24.2 Å². The van der Waals surface area contributed by atoms with Gasteiger partial charge in [0.25, 0.3) is 0 Å². The van der Waals surface area contributed by atoms with Crippen molar-refractivity contribution in [1.82, 2.24) is 20.6 Å². The molecule has 52 heavy (non-hydrogen) atoms. The number of methoxy groups -OCH3 is 2. The first-order chi connectivity index (χ1) is 24.6. The fraction of sp³-hybridized carbons (Fsp3) is 0.951. The lowest BCUT2D eigenvalue weighted by molar-refractivity contribution is -0.193. The summed E-state index contributed by atoms with van der Waals surface area (Å²) in [5.41, 5.74) is 0.314. The van der Waals surface area contributed by atoms with Crippen LogP contribution in [0, 0.1) is 58.7 Å². The molecule has 0 aromatic rings. The molecule has 5 aliphatic carbocycles. The number of hydroxylamine groups is 2. The number of hydrogen-bond donors (Lipinski definition) is 4. The van der Waals surface area contributed by atoms with Crippen molar-refractivity contribution < 1.29 is 34.1 Å². The summed E-state index contributed by atoms with van der Waals surface area (Å²) in [7, 11) is 7.74. The molecule has 6 fully saturated rings. The smallest absolute Gasteiger partial charge is 0.240 e. The molecule has 15 atom stereocenters. The third-order valence-corrected chi connectivity index (χ3v) is 14.6. The van der Waals surface area contributed by atoms with Crippen LogP contribution < -0.4 is 10.6 Å². The van der Waals surface area contributed by atoms with Gasteiger partial charge in [-0.3, -0.25) is 14.4 Å². The van der Waals surface area contributed by atoms with Gasteiger partial charge in [-0.2, -0.15) is 5.06 Å². The zero-order valence-corrected chi connectivity index (χ0v) is 34.1. The summed E-state index contributed by atoms with van der Waals surface area (Å²) in [5.74, 6) is 2.10. The zero-order valence-electron chi connectivity index (χ0n) is 34.1. The number of nitrogens with zero attached hydrogens (tertiary/aromatic N) is 2. The monoisotopic (exact) mass is 735 g/mol. The summed E-state index contributed by atoms with van der Waals surface area (Å²) < 4.78 is 11.9. The lowest BCUT2D eigenvalue weighted by Crippen LogP contribution is -2.62. The highest BCUT2D eigenvalue weighted by molar-refractivity contribution is 5.83. The molecule has 1 aliphatic heterocycles. The Balaban J connectivity index is 1.31. The van der Waals surface area contributed by atoms with Gasteiger partial charge in [0.05, 0.1) is 31.5 Å². The molecule has 0 aromatic heterocycles. The highest BCUT2D eigenvalue weighted by atomic mass is 16.7. The summed E-state index contributed by atoms with van der Waals surface area (Å²) >= 11 is 0. The second-order valence-corrected chi connectivity index (χ2v) is 18.9. The van der Waals surface area contributed by atoms with E-state index in [4.69, 9.17) is 14.3 Å². The number of carbonyl (C=O) groups excluding carboxylic acids is 2. The molecule has 6 aliphatic rings. The van der Waals surface area contributed by atoms with E-state index >= 15 is 0 Å². The lowest BCUT2D eigenvalue weighted by Gasteiger charge is -2.62. The van der Waals surface area contributed by atoms with Gasteiger partial charge in [-0.1, -0.05) is 41.0 Å². The Morgan fingerprint density at radius 2 is 1.77 bits per heavy atom. The standard InChI is InChI=1S/C41H74N4O7/c1-23(2)14-30(22-50-9)42-39(48)28-15-27(16-31(17-28)44(7)8)32-13-11-12-26(38(32)51-10)20-45-37(36(25(4)47)35(21-46)52-45)40(49)43-34-19-29-18-33(24(34)3)41(29,5)6/h23-38,46-47H,11-22H2,1-10H3,(H,42,48)(H,43,49)/t24-,25-,26?,27?,28?,29+,30-,31?,32?,33-,34-,35-,36+,37-,38?/m0/s1. The number of ether oxygens (including phenoxy) is 2. The molecule has 1 heterocycles. The molecular weight excluding hydrogens is 660 g/mol. The van der Waals surface area contributed by atoms with Gasteiger partial charge in [-0.25, -0.2) is 0 Å². The molecule has 0 aromatic carbocycles. The van der Waals surface area contributed by atoms with Crippen LogP contribution in [-0.4, -0.2) is 123 Å². The summed E-state index contributed by atoms with van der Waals surface area (Å²) in [6.07, 6.45) is 7.22. The number of amides is 2. The van der Waals surface area contributed by atoms with E-state index in [1.54, 1.807) is 26.2 Å². The van der Waals surface area contributed by atoms with Crippen LogP contribution in [0.25, 0.3) is 0 Å². The SMILES string of the molecule is COC[C@H](CC(C)C)NC(=O)C1CC(C2CCCC(CN3O[C@@H](CO)[C@@H]([C@H](C)O)[C@H]3C(=O)N[C@H]3C[C@H]4C[C@@H]([C@@H]3C)C4(C)C)C2OC)CC(N(C)C)C1. The molecule has 2 amide bonds. The predicted molar refractivity (Wildman–Crippen MR) is 202 cm³/mol. The highest BCUT2D eigenvalue weighted by Crippen LogP contribution is 2.61. The normalized spacial score (nSPS) is 40.3. The van der Waals surface area contributed by atoms with Gasteiger partial charge in [0.2, 0.25) is 11.8 Å². The topological polar surface area (TPSA) is 133 Å². The molecular formula is C41H74N4O7. The fourth-order valence-electron chi connectivity index (χ4n) is 11.7. The summed E-state index contributed by atoms with van der Waals surface area (Å²) in [4.78, 5) is 36.8. The van der Waals surface area contributed by atoms with Crippen molar-refractivity contribution >= 4 is 11.8 Å². The first kappa shape index (κ1) is 41.8. The number of carbonyl (C=O) groups is 2. The van der Waals surface area contributed by atoms with Gasteiger partial charge in [0.1, 0.15) is 12.1 Å². The Hall–Kier alpha value is -1.34. The van der Waals surface area contributed by atoms with Crippen LogP contribution >= 0.6 is 0 Å². The largest absolute Gasteiger partial charge is 0.394 e. The third-order valence-electron chi connectivity index (χ3n) is 14.6. The number of nitrogens with one attached hydrogen (secondary N) is 2. The Morgan fingerprint density at radius 1 is 1.04 bits per heavy atom. The Bertz CT molecular complexity index is 1180. The van der Waals surface area contributed by atoms with E-state index in [1.807, 2.05) is 0 Å². The number of aliphatic hydroxyl groups excluding tert-OH is 2. The zero-order chi connectivity index (χ0) is 38.1. The number of hydrogen-bond acceptors (Lipinski definition) is 9. The third kappa shape index (κ3) is 8.87. The molecule has 1 saturated heterocycles. The summed E-state index contributed by atoms with van der Waals surface area (Å²) in [6, 6.07) is -0.320. The molecule has 2 bridgehead atoms. The first-order valence-corrected chi connectivity index (χ1v) is 20.6. The van der Waals surface area contributed by atoms with Crippen LogP contribution in [-0.2, 0) is 23.9 Å². The van der Waals surface area contributed by atoms with E-state index in [0.29, 0.717) is 54.2 Å². The van der Waals surface area contributed by atoms with E-state index in [1.165, 1.54) is 6.42 Å². The van der Waals surface area contributed by atoms with Gasteiger partial charge in [0, 0.05) is 50.6 Å². The van der Waals surface area contributed by atoms with E-state index in [2.05, 4.69) is 64.2 Å². The average Bonchev–Trinajstić information content (AvgIpc) is 3.47. The van der Waals surface area contributed by atoms with Crippen LogP contribution in [0.15, 0.2) is 0 Å². The van der Waals surface area contributed by atoms with Crippen molar-refractivity contribution in [3.05, 3.63) is 0 Å². The fourth-order valence-corrected chi connectivity index (χ4v) is 11.7. The number of aliphatic hydroxyl groups is 2. The molecule has 300 valence electrons. The molecule has 5 saturated carbocycles. The predicted octanol–water partition coefficient (Wildman–Crippen LogP) is 4.10. The molecule has 11 nitrogen and oxygen atoms in total. The molecule has 11 heteroatoms. The molecule has 4 N–H and O–H groups in total. The minimum atomic E-state index is -0.830. The maximum atomic E-state index is 14.3. The molecule has 6 rings (SSSR count). The second kappa shape index (κ2) is 17.6. The molecule has 0 spiro atoms. The molecule has 0 radical (unpaired) electrons. The van der Waals surface area contributed by atoms with Crippen LogP contribution in [0.4, 0.5) is 0 Å². The minimum absolute atomic E-state index is 0.000791. The Morgan fingerprint density at radius 3 is 2.35 bits per heavy atom. The van der Waals surface area contributed by atoms with Crippen molar-refractivity contribution in [3.63, 3.8) is 0 Å².